The van der Waals surface area contributed by atoms with Crippen LogP contribution in [0.2, 0.25) is 0 Å². The van der Waals surface area contributed by atoms with E-state index in [0.717, 1.165) is 21.7 Å². The van der Waals surface area contributed by atoms with Crippen molar-refractivity contribution in [3.63, 3.8) is 0 Å². The largest absolute Gasteiger partial charge is 0.406 e. The van der Waals surface area contributed by atoms with E-state index in [0.29, 0.717) is 12.1 Å². The molecular formula is C21H23F5N5O2S+. The quantitative estimate of drug-likeness (QED) is 0.364. The van der Waals surface area contributed by atoms with Crippen LogP contribution < -0.4 is 15.0 Å². The lowest BCUT2D eigenvalue weighted by atomic mass is 9.96. The van der Waals surface area contributed by atoms with E-state index < -0.39 is 52.5 Å². The Hall–Kier alpha value is -2.61. The molecule has 2 aromatic carbocycles. The number of nitrogens with one attached hydrogen (secondary N) is 2. The number of fused-ring (bicyclic) bond motifs is 2. The van der Waals surface area contributed by atoms with Crippen molar-refractivity contribution < 1.29 is 36.7 Å². The lowest BCUT2D eigenvalue weighted by molar-refractivity contribution is -1.19. The highest BCUT2D eigenvalue weighted by Crippen LogP contribution is 2.45. The Morgan fingerprint density at radius 1 is 1.12 bits per heavy atom. The minimum absolute atomic E-state index is 0.0236. The number of quaternary nitrogens is 1. The van der Waals surface area contributed by atoms with E-state index in [1.165, 1.54) is 18.2 Å². The first-order chi connectivity index (χ1) is 16.2. The van der Waals surface area contributed by atoms with Crippen LogP contribution in [0.15, 0.2) is 30.3 Å². The molecule has 2 aromatic rings. The van der Waals surface area contributed by atoms with E-state index in [2.05, 4.69) is 10.2 Å². The number of halogens is 5. The van der Waals surface area contributed by atoms with Crippen molar-refractivity contribution in [2.45, 2.75) is 32.3 Å². The van der Waals surface area contributed by atoms with Crippen LogP contribution in [0.1, 0.15) is 25.6 Å². The summed E-state index contributed by atoms with van der Waals surface area (Å²) in [5, 5.41) is 0. The molecule has 7 nitrogen and oxygen atoms in total. The molecule has 2 N–H and O–H groups in total. The Kier molecular flexibility index (Phi) is 6.64. The van der Waals surface area contributed by atoms with Gasteiger partial charge in [0.05, 0.1) is 10.5 Å². The number of urea groups is 1. The maximum atomic E-state index is 14.8. The molecule has 2 fully saturated rings. The van der Waals surface area contributed by atoms with Crippen LogP contribution in [0.3, 0.4) is 0 Å². The van der Waals surface area contributed by atoms with Gasteiger partial charge in [-0.15, -0.1) is 5.48 Å². The molecule has 0 aromatic heterocycles. The first-order valence-electron chi connectivity index (χ1n) is 10.6. The highest BCUT2D eigenvalue weighted by atomic mass is 32.2. The molecule has 184 valence electrons. The second kappa shape index (κ2) is 9.21. The van der Waals surface area contributed by atoms with Gasteiger partial charge in [-0.1, -0.05) is 37.9 Å². The van der Waals surface area contributed by atoms with Gasteiger partial charge in [-0.05, 0) is 17.9 Å². The standard InChI is InChI=1S/C19H17F5N5O2S.C2H6/c1-32-26-14-7-27-15(29(14,23)24)8-28(19(27)30)18-17-10(3-2-4-13(17)31-25-18)16-11(21)5-9(20)6-12(16)22;1-2/h2-6,14-15,18,25-26H,7-8H2,1H3;1-2H3/q+1;. The van der Waals surface area contributed by atoms with Crippen LogP contribution in [-0.2, 0) is 0 Å². The van der Waals surface area contributed by atoms with Crippen LogP contribution >= 0.6 is 11.9 Å². The van der Waals surface area contributed by atoms with Gasteiger partial charge in [0.2, 0.25) is 6.17 Å². The normalized spacial score (nSPS) is 24.5. The van der Waals surface area contributed by atoms with Crippen molar-refractivity contribution in [3.05, 3.63) is 53.3 Å². The molecule has 3 atom stereocenters. The molecule has 0 saturated carbocycles. The molecule has 0 radical (unpaired) electrons. The third-order valence-electron chi connectivity index (χ3n) is 5.86. The number of benzene rings is 2. The van der Waals surface area contributed by atoms with Crippen molar-refractivity contribution >= 4 is 18.0 Å². The zero-order valence-electron chi connectivity index (χ0n) is 18.5. The van der Waals surface area contributed by atoms with Crippen molar-refractivity contribution in [3.8, 4) is 16.9 Å². The molecule has 2 saturated heterocycles. The maximum absolute atomic E-state index is 14.8. The van der Waals surface area contributed by atoms with E-state index in [-0.39, 0.29) is 30.0 Å². The average molecular weight is 505 g/mol. The Bertz CT molecular complexity index is 1080. The smallest absolute Gasteiger partial charge is 0.327 e. The number of amides is 2. The van der Waals surface area contributed by atoms with E-state index in [1.807, 2.05) is 13.8 Å². The molecule has 3 unspecified atom stereocenters. The number of carbonyl (C=O) groups excluding carboxylic acids is 1. The molecule has 5 rings (SSSR count). The van der Waals surface area contributed by atoms with Gasteiger partial charge in [0, 0.05) is 26.7 Å². The highest BCUT2D eigenvalue weighted by Gasteiger charge is 2.66. The Morgan fingerprint density at radius 2 is 1.79 bits per heavy atom. The third-order valence-corrected chi connectivity index (χ3v) is 6.36. The second-order valence-corrected chi connectivity index (χ2v) is 8.24. The predicted molar refractivity (Wildman–Crippen MR) is 115 cm³/mol. The molecule has 0 bridgehead atoms. The summed E-state index contributed by atoms with van der Waals surface area (Å²) in [5.74, 6) is -3.17. The highest BCUT2D eigenvalue weighted by molar-refractivity contribution is 7.96. The summed E-state index contributed by atoms with van der Waals surface area (Å²) in [6, 6.07) is 4.81. The summed E-state index contributed by atoms with van der Waals surface area (Å²) in [5.41, 5.74) is 2.31. The summed E-state index contributed by atoms with van der Waals surface area (Å²) in [7, 11) is 0. The van der Waals surface area contributed by atoms with Crippen LogP contribution in [0, 0.1) is 17.5 Å². The van der Waals surface area contributed by atoms with Gasteiger partial charge < -0.3 is 4.84 Å². The lowest BCUT2D eigenvalue weighted by Gasteiger charge is -2.25. The van der Waals surface area contributed by atoms with Crippen molar-refractivity contribution in [1.29, 1.82) is 0 Å². The number of nitrogens with zero attached hydrogens (tertiary/aromatic N) is 3. The van der Waals surface area contributed by atoms with Crippen LogP contribution in [-0.4, -0.2) is 52.4 Å². The zero-order chi connectivity index (χ0) is 24.8. The molecule has 13 heteroatoms. The summed E-state index contributed by atoms with van der Waals surface area (Å²) in [6.07, 6.45) is -2.14. The Balaban J connectivity index is 0.00000133. The van der Waals surface area contributed by atoms with Gasteiger partial charge in [0.1, 0.15) is 36.7 Å². The Morgan fingerprint density at radius 3 is 2.41 bits per heavy atom. The summed E-state index contributed by atoms with van der Waals surface area (Å²) >= 11 is 1.03. The van der Waals surface area contributed by atoms with Crippen LogP contribution in [0.5, 0.6) is 5.75 Å². The lowest BCUT2D eigenvalue weighted by Crippen LogP contribution is -2.51. The van der Waals surface area contributed by atoms with E-state index in [9.17, 15) is 26.9 Å². The Labute approximate surface area is 197 Å². The van der Waals surface area contributed by atoms with Crippen LogP contribution in [0.4, 0.5) is 26.9 Å². The molecule has 0 aliphatic carbocycles. The van der Waals surface area contributed by atoms with Gasteiger partial charge in [0.25, 0.3) is 6.17 Å². The van der Waals surface area contributed by atoms with Gasteiger partial charge in [0.15, 0.2) is 5.75 Å². The number of hydrogen-bond donors (Lipinski definition) is 2. The van der Waals surface area contributed by atoms with Gasteiger partial charge in [-0.2, -0.15) is 0 Å². The summed E-state index contributed by atoms with van der Waals surface area (Å²) in [6.45, 7) is 3.44. The summed E-state index contributed by atoms with van der Waals surface area (Å²) < 4.78 is 74.7. The zero-order valence-corrected chi connectivity index (χ0v) is 19.3. The van der Waals surface area contributed by atoms with Crippen molar-refractivity contribution in [2.75, 3.05) is 19.3 Å². The maximum Gasteiger partial charge on any atom is 0.327 e. The number of hydrogen-bond acceptors (Lipinski definition) is 5. The van der Waals surface area contributed by atoms with Gasteiger partial charge in [-0.3, -0.25) is 9.80 Å². The fraction of sp³-hybridized carbons (Fsp3) is 0.381. The van der Waals surface area contributed by atoms with Crippen molar-refractivity contribution in [2.24, 2.45) is 0 Å². The van der Waals surface area contributed by atoms with E-state index in [1.54, 1.807) is 6.26 Å². The molecule has 2 amide bonds. The number of hydroxylamine groups is 1. The van der Waals surface area contributed by atoms with Crippen LogP contribution in [0.25, 0.3) is 11.1 Å². The molecular weight excluding hydrogens is 481 g/mol. The molecule has 3 heterocycles. The fourth-order valence-electron chi connectivity index (χ4n) is 4.43. The predicted octanol–water partition coefficient (Wildman–Crippen LogP) is 4.55. The SMILES string of the molecule is CC.CSNC1CN2C(=O)N(C3NOc4cccc(-c5c(F)cc(F)cc5F)c43)CC2[N+]1(F)F. The first kappa shape index (κ1) is 24.5. The van der Waals surface area contributed by atoms with E-state index >= 15 is 0 Å². The fourth-order valence-corrected chi connectivity index (χ4v) is 4.92. The second-order valence-electron chi connectivity index (χ2n) is 7.59. The first-order valence-corrected chi connectivity index (χ1v) is 11.8. The number of carbonyl (C=O) groups is 1. The molecule has 34 heavy (non-hydrogen) atoms. The number of rotatable bonds is 4. The third kappa shape index (κ3) is 3.76. The monoisotopic (exact) mass is 504 g/mol. The van der Waals surface area contributed by atoms with E-state index in [4.69, 9.17) is 4.84 Å². The molecule has 0 spiro atoms. The minimum Gasteiger partial charge on any atom is -0.406 e. The molecule has 3 aliphatic rings. The average Bonchev–Trinajstić information content (AvgIpc) is 3.43. The van der Waals surface area contributed by atoms with Crippen molar-refractivity contribution in [1.82, 2.24) is 20.0 Å². The summed E-state index contributed by atoms with van der Waals surface area (Å²) in [4.78, 5) is 18.2. The van der Waals surface area contributed by atoms with Gasteiger partial charge in [-0.25, -0.2) is 22.7 Å². The topological polar surface area (TPSA) is 56.8 Å². The minimum atomic E-state index is -2.42. The molecule has 3 aliphatic heterocycles. The van der Waals surface area contributed by atoms with Gasteiger partial charge >= 0.3 is 6.03 Å².